The van der Waals surface area contributed by atoms with Crippen molar-refractivity contribution in [3.63, 3.8) is 0 Å². The highest BCUT2D eigenvalue weighted by atomic mass is 32.1. The Morgan fingerprint density at radius 2 is 1.72 bits per heavy atom. The van der Waals surface area contributed by atoms with E-state index in [1.54, 1.807) is 15.9 Å². The minimum absolute atomic E-state index is 0.313. The second kappa shape index (κ2) is 9.68. The number of carbonyl (C=O) groups excluding carboxylic acids is 1. The van der Waals surface area contributed by atoms with Crippen LogP contribution in [-0.4, -0.2) is 45.1 Å². The van der Waals surface area contributed by atoms with Crippen molar-refractivity contribution in [3.8, 4) is 33.1 Å². The summed E-state index contributed by atoms with van der Waals surface area (Å²) in [5.41, 5.74) is 5.15. The molecular weight excluding hydrogens is 506 g/mol. The molecule has 0 unspecified atom stereocenters. The van der Waals surface area contributed by atoms with E-state index in [2.05, 4.69) is 55.4 Å². The first-order valence-corrected chi connectivity index (χ1v) is 13.9. The van der Waals surface area contributed by atoms with E-state index in [4.69, 9.17) is 9.84 Å². The van der Waals surface area contributed by atoms with E-state index in [1.807, 2.05) is 81.1 Å². The number of ether oxygens (including phenoxy) is 1. The maximum absolute atomic E-state index is 13.7. The molecule has 0 saturated carbocycles. The number of thiophene rings is 1. The van der Waals surface area contributed by atoms with Crippen LogP contribution in [0.1, 0.15) is 41.5 Å². The summed E-state index contributed by atoms with van der Waals surface area (Å²) in [7, 11) is 4.00. The van der Waals surface area contributed by atoms with E-state index in [9.17, 15) is 4.79 Å². The minimum atomic E-state index is -0.648. The maximum Gasteiger partial charge on any atom is 0.419 e. The molecule has 0 atom stereocenters. The molecule has 0 aliphatic rings. The summed E-state index contributed by atoms with van der Waals surface area (Å²) in [5.74, 6) is 0. The van der Waals surface area contributed by atoms with Crippen molar-refractivity contribution >= 4 is 34.0 Å². The molecule has 1 aromatic carbocycles. The molecule has 8 heteroatoms. The number of pyridine rings is 1. The van der Waals surface area contributed by atoms with Gasteiger partial charge in [0.05, 0.1) is 34.3 Å². The van der Waals surface area contributed by atoms with Crippen molar-refractivity contribution in [2.45, 2.75) is 52.7 Å². The van der Waals surface area contributed by atoms with Crippen molar-refractivity contribution in [2.24, 2.45) is 0 Å². The van der Waals surface area contributed by atoms with Crippen molar-refractivity contribution in [2.75, 3.05) is 19.0 Å². The lowest BCUT2D eigenvalue weighted by molar-refractivity contribution is 0.0547. The summed E-state index contributed by atoms with van der Waals surface area (Å²) in [4.78, 5) is 21.4. The fraction of sp³-hybridized carbons (Fsp3) is 0.323. The first-order chi connectivity index (χ1) is 18.3. The van der Waals surface area contributed by atoms with Gasteiger partial charge in [0.1, 0.15) is 11.3 Å². The lowest BCUT2D eigenvalue weighted by Gasteiger charge is -2.23. The van der Waals surface area contributed by atoms with Crippen LogP contribution < -0.4 is 4.90 Å². The third-order valence-corrected chi connectivity index (χ3v) is 7.26. The molecule has 0 radical (unpaired) electrons. The van der Waals surface area contributed by atoms with Crippen LogP contribution in [0.25, 0.3) is 44.0 Å². The van der Waals surface area contributed by atoms with Crippen LogP contribution in [-0.2, 0) is 10.3 Å². The highest BCUT2D eigenvalue weighted by molar-refractivity contribution is 7.13. The van der Waals surface area contributed by atoms with Crippen LogP contribution in [0.4, 0.5) is 10.5 Å². The standard InChI is InChI=1S/C31H35N5O2S/c1-30(2,3)36-26(20-15-21(34(7)8)19-32-18-20)17-24(33-36)27-16-23-22(28-13-10-14-39-28)11-9-12-25(23)35(27)29(37)38-31(4,5)6/h9-19H,1-8H3. The fourth-order valence-electron chi connectivity index (χ4n) is 4.61. The van der Waals surface area contributed by atoms with Crippen molar-refractivity contribution in [3.05, 3.63) is 66.3 Å². The predicted molar refractivity (Wildman–Crippen MR) is 161 cm³/mol. The molecule has 0 fully saturated rings. The summed E-state index contributed by atoms with van der Waals surface area (Å²) < 4.78 is 9.56. The number of aromatic nitrogens is 4. The molecule has 0 bridgehead atoms. The number of rotatable bonds is 4. The lowest BCUT2D eigenvalue weighted by atomic mass is 10.1. The summed E-state index contributed by atoms with van der Waals surface area (Å²) in [6.07, 6.45) is 3.27. The molecule has 5 rings (SSSR count). The summed E-state index contributed by atoms with van der Waals surface area (Å²) in [6.45, 7) is 12.0. The average Bonchev–Trinajstić information content (AvgIpc) is 3.60. The Hall–Kier alpha value is -3.91. The fourth-order valence-corrected chi connectivity index (χ4v) is 5.37. The van der Waals surface area contributed by atoms with Gasteiger partial charge in [-0.2, -0.15) is 5.10 Å². The Morgan fingerprint density at radius 1 is 0.949 bits per heavy atom. The molecule has 0 aliphatic carbocycles. The first-order valence-electron chi connectivity index (χ1n) is 13.0. The Balaban J connectivity index is 1.78. The van der Waals surface area contributed by atoms with Crippen molar-refractivity contribution < 1.29 is 9.53 Å². The molecular formula is C31H35N5O2S. The largest absolute Gasteiger partial charge is 0.443 e. The van der Waals surface area contributed by atoms with Crippen LogP contribution in [0.15, 0.2) is 66.3 Å². The highest BCUT2D eigenvalue weighted by Crippen LogP contribution is 2.38. The van der Waals surface area contributed by atoms with Gasteiger partial charge in [0.15, 0.2) is 0 Å². The van der Waals surface area contributed by atoms with Gasteiger partial charge in [-0.05, 0) is 77.3 Å². The van der Waals surface area contributed by atoms with Crippen molar-refractivity contribution in [1.82, 2.24) is 19.3 Å². The van der Waals surface area contributed by atoms with Gasteiger partial charge in [0.2, 0.25) is 0 Å². The van der Waals surface area contributed by atoms with E-state index < -0.39 is 11.7 Å². The number of carbonyl (C=O) groups is 1. The van der Waals surface area contributed by atoms with E-state index in [-0.39, 0.29) is 5.54 Å². The third kappa shape index (κ3) is 5.21. The lowest BCUT2D eigenvalue weighted by Crippen LogP contribution is -2.27. The van der Waals surface area contributed by atoms with Gasteiger partial charge in [-0.25, -0.2) is 9.36 Å². The first kappa shape index (κ1) is 26.7. The number of hydrogen-bond donors (Lipinski definition) is 0. The molecule has 0 spiro atoms. The number of benzene rings is 1. The Morgan fingerprint density at radius 3 is 2.36 bits per heavy atom. The quantitative estimate of drug-likeness (QED) is 0.231. The highest BCUT2D eigenvalue weighted by Gasteiger charge is 2.28. The smallest absolute Gasteiger partial charge is 0.419 e. The van der Waals surface area contributed by atoms with E-state index >= 15 is 0 Å². The third-order valence-electron chi connectivity index (χ3n) is 6.35. The molecule has 7 nitrogen and oxygen atoms in total. The van der Waals surface area contributed by atoms with Crippen LogP contribution in [0.2, 0.25) is 0 Å². The normalized spacial score (nSPS) is 12.2. The average molecular weight is 542 g/mol. The maximum atomic E-state index is 13.7. The summed E-state index contributed by atoms with van der Waals surface area (Å²) >= 11 is 1.67. The zero-order valence-electron chi connectivity index (χ0n) is 23.8. The number of hydrogen-bond acceptors (Lipinski definition) is 6. The molecule has 0 N–H and O–H groups in total. The van der Waals surface area contributed by atoms with Gasteiger partial charge >= 0.3 is 6.09 Å². The van der Waals surface area contributed by atoms with E-state index in [1.165, 1.54) is 0 Å². The molecule has 39 heavy (non-hydrogen) atoms. The molecule has 4 aromatic heterocycles. The second-order valence-electron chi connectivity index (χ2n) is 11.9. The molecule has 0 aliphatic heterocycles. The monoisotopic (exact) mass is 541 g/mol. The van der Waals surface area contributed by atoms with Gasteiger partial charge in [0.25, 0.3) is 0 Å². The zero-order chi connectivity index (χ0) is 28.1. The van der Waals surface area contributed by atoms with E-state index in [0.29, 0.717) is 11.4 Å². The zero-order valence-corrected chi connectivity index (χ0v) is 24.6. The Bertz CT molecular complexity index is 1650. The SMILES string of the molecule is CN(C)c1cncc(-c2cc(-c3cc4c(-c5cccs5)cccc4n3C(=O)OC(C)(C)C)nn2C(C)(C)C)c1. The number of fused-ring (bicyclic) bond motifs is 1. The Kier molecular flexibility index (Phi) is 6.63. The number of nitrogens with zero attached hydrogens (tertiary/aromatic N) is 5. The molecule has 5 aromatic rings. The summed E-state index contributed by atoms with van der Waals surface area (Å²) in [6, 6.07) is 16.4. The van der Waals surface area contributed by atoms with Gasteiger partial charge in [0, 0.05) is 41.7 Å². The topological polar surface area (TPSA) is 65.2 Å². The van der Waals surface area contributed by atoms with Crippen LogP contribution in [0.5, 0.6) is 0 Å². The van der Waals surface area contributed by atoms with Gasteiger partial charge < -0.3 is 9.64 Å². The molecule has 4 heterocycles. The van der Waals surface area contributed by atoms with E-state index in [0.717, 1.165) is 38.3 Å². The van der Waals surface area contributed by atoms with Gasteiger partial charge in [-0.1, -0.05) is 18.2 Å². The Labute approximate surface area is 233 Å². The van der Waals surface area contributed by atoms with Gasteiger partial charge in [-0.15, -0.1) is 11.3 Å². The molecule has 0 saturated heterocycles. The summed E-state index contributed by atoms with van der Waals surface area (Å²) in [5, 5.41) is 8.12. The molecule has 202 valence electrons. The predicted octanol–water partition coefficient (Wildman–Crippen LogP) is 7.90. The van der Waals surface area contributed by atoms with Crippen LogP contribution >= 0.6 is 11.3 Å². The van der Waals surface area contributed by atoms with Gasteiger partial charge in [-0.3, -0.25) is 9.67 Å². The minimum Gasteiger partial charge on any atom is -0.443 e. The second-order valence-corrected chi connectivity index (χ2v) is 12.8. The van der Waals surface area contributed by atoms with Crippen molar-refractivity contribution in [1.29, 1.82) is 0 Å². The van der Waals surface area contributed by atoms with Crippen LogP contribution in [0.3, 0.4) is 0 Å². The number of anilines is 1. The van der Waals surface area contributed by atoms with Crippen LogP contribution in [0, 0.1) is 0 Å². The molecule has 0 amide bonds.